The van der Waals surface area contributed by atoms with Gasteiger partial charge in [-0.3, -0.25) is 9.78 Å². The predicted molar refractivity (Wildman–Crippen MR) is 92.1 cm³/mol. The van der Waals surface area contributed by atoms with Crippen LogP contribution in [0.1, 0.15) is 29.9 Å². The molecule has 1 aliphatic rings. The SMILES string of the molecule is CC1(C)Oc2cnccc2-c2[nH]c(C(=O)Nc3ccccc3)cc21. The largest absolute Gasteiger partial charge is 0.481 e. The van der Waals surface area contributed by atoms with Crippen molar-refractivity contribution in [2.75, 3.05) is 5.32 Å². The number of pyridine rings is 1. The number of benzene rings is 1. The zero-order valence-electron chi connectivity index (χ0n) is 13.5. The lowest BCUT2D eigenvalue weighted by Crippen LogP contribution is -2.28. The Hall–Kier alpha value is -3.08. The third-order valence-corrected chi connectivity index (χ3v) is 4.16. The summed E-state index contributed by atoms with van der Waals surface area (Å²) in [6.07, 6.45) is 3.42. The lowest BCUT2D eigenvalue weighted by atomic mass is 9.92. The summed E-state index contributed by atoms with van der Waals surface area (Å²) in [5.74, 6) is 0.536. The number of para-hydroxylation sites is 1. The van der Waals surface area contributed by atoms with Crippen LogP contribution in [-0.2, 0) is 5.60 Å². The number of aromatic amines is 1. The van der Waals surface area contributed by atoms with Crippen LogP contribution in [0.4, 0.5) is 5.69 Å². The maximum absolute atomic E-state index is 12.6. The number of nitrogens with zero attached hydrogens (tertiary/aromatic N) is 1. The molecule has 0 unspecified atom stereocenters. The number of nitrogens with one attached hydrogen (secondary N) is 2. The van der Waals surface area contributed by atoms with Gasteiger partial charge in [-0.25, -0.2) is 0 Å². The number of carbonyl (C=O) groups is 1. The standard InChI is InChI=1S/C19H17N3O2/c1-19(2)14-10-15(18(23)21-12-6-4-3-5-7-12)22-17(14)13-8-9-20-11-16(13)24-19/h3-11,22H,1-2H3,(H,21,23). The van der Waals surface area contributed by atoms with Gasteiger partial charge in [-0.2, -0.15) is 0 Å². The number of aromatic nitrogens is 2. The van der Waals surface area contributed by atoms with Gasteiger partial charge in [0.25, 0.3) is 5.91 Å². The summed E-state index contributed by atoms with van der Waals surface area (Å²) in [4.78, 5) is 19.9. The highest BCUT2D eigenvalue weighted by Gasteiger charge is 2.35. The molecule has 0 saturated carbocycles. The van der Waals surface area contributed by atoms with Crippen LogP contribution in [0.15, 0.2) is 54.9 Å². The zero-order chi connectivity index (χ0) is 16.7. The predicted octanol–water partition coefficient (Wildman–Crippen LogP) is 3.96. The maximum atomic E-state index is 12.6. The molecule has 3 aromatic rings. The van der Waals surface area contributed by atoms with E-state index >= 15 is 0 Å². The van der Waals surface area contributed by atoms with E-state index in [9.17, 15) is 4.79 Å². The Labute approximate surface area is 139 Å². The van der Waals surface area contributed by atoms with E-state index in [2.05, 4.69) is 15.3 Å². The Morgan fingerprint density at radius 3 is 2.79 bits per heavy atom. The Morgan fingerprint density at radius 1 is 1.21 bits per heavy atom. The lowest BCUT2D eigenvalue weighted by molar-refractivity contribution is 0.102. The maximum Gasteiger partial charge on any atom is 0.272 e. The molecule has 2 N–H and O–H groups in total. The quantitative estimate of drug-likeness (QED) is 0.751. The van der Waals surface area contributed by atoms with Gasteiger partial charge >= 0.3 is 0 Å². The van der Waals surface area contributed by atoms with Gasteiger partial charge in [0.05, 0.1) is 11.9 Å². The van der Waals surface area contributed by atoms with Crippen molar-refractivity contribution in [1.29, 1.82) is 0 Å². The third kappa shape index (κ3) is 2.34. The van der Waals surface area contributed by atoms with Gasteiger partial charge < -0.3 is 15.0 Å². The van der Waals surface area contributed by atoms with E-state index < -0.39 is 5.60 Å². The molecule has 1 aliphatic heterocycles. The van der Waals surface area contributed by atoms with E-state index in [0.29, 0.717) is 11.4 Å². The van der Waals surface area contributed by atoms with Crippen molar-refractivity contribution in [2.45, 2.75) is 19.4 Å². The molecule has 1 amide bonds. The molecule has 0 saturated heterocycles. The number of ether oxygens (including phenoxy) is 1. The molecule has 0 spiro atoms. The molecular weight excluding hydrogens is 302 g/mol. The van der Waals surface area contributed by atoms with Crippen molar-refractivity contribution in [3.63, 3.8) is 0 Å². The minimum absolute atomic E-state index is 0.179. The Kier molecular flexibility index (Phi) is 3.16. The number of rotatable bonds is 2. The number of fused-ring (bicyclic) bond motifs is 3. The summed E-state index contributed by atoms with van der Waals surface area (Å²) in [6.45, 7) is 3.96. The highest BCUT2D eigenvalue weighted by atomic mass is 16.5. The molecule has 0 bridgehead atoms. The summed E-state index contributed by atoms with van der Waals surface area (Å²) >= 11 is 0. The van der Waals surface area contributed by atoms with E-state index in [1.807, 2.05) is 56.3 Å². The Bertz CT molecular complexity index is 913. The molecule has 4 rings (SSSR count). The second-order valence-corrected chi connectivity index (χ2v) is 6.28. The van der Waals surface area contributed by atoms with Crippen molar-refractivity contribution >= 4 is 11.6 Å². The zero-order valence-corrected chi connectivity index (χ0v) is 13.5. The minimum Gasteiger partial charge on any atom is -0.481 e. The van der Waals surface area contributed by atoms with E-state index in [-0.39, 0.29) is 5.91 Å². The molecule has 5 nitrogen and oxygen atoms in total. The third-order valence-electron chi connectivity index (χ3n) is 4.16. The van der Waals surface area contributed by atoms with E-state index in [1.165, 1.54) is 0 Å². The van der Waals surface area contributed by atoms with Crippen LogP contribution in [0, 0.1) is 0 Å². The van der Waals surface area contributed by atoms with Crippen LogP contribution >= 0.6 is 0 Å². The van der Waals surface area contributed by atoms with E-state index in [4.69, 9.17) is 4.74 Å². The van der Waals surface area contributed by atoms with Gasteiger partial charge in [0.1, 0.15) is 17.0 Å². The molecule has 0 aliphatic carbocycles. The second-order valence-electron chi connectivity index (χ2n) is 6.28. The molecule has 2 aromatic heterocycles. The number of H-pyrrole nitrogens is 1. The molecular formula is C19H17N3O2. The molecule has 5 heteroatoms. The fraction of sp³-hybridized carbons (Fsp3) is 0.158. The molecule has 0 fully saturated rings. The first-order valence-electron chi connectivity index (χ1n) is 7.78. The highest BCUT2D eigenvalue weighted by Crippen LogP contribution is 2.44. The number of anilines is 1. The summed E-state index contributed by atoms with van der Waals surface area (Å²) in [6, 6.07) is 13.1. The molecule has 0 atom stereocenters. The monoisotopic (exact) mass is 319 g/mol. The average Bonchev–Trinajstić information content (AvgIpc) is 3.02. The molecule has 0 radical (unpaired) electrons. The summed E-state index contributed by atoms with van der Waals surface area (Å²) in [5.41, 5.74) is 3.51. The van der Waals surface area contributed by atoms with E-state index in [1.54, 1.807) is 12.4 Å². The fourth-order valence-corrected chi connectivity index (χ4v) is 2.98. The first kappa shape index (κ1) is 14.5. The van der Waals surface area contributed by atoms with Crippen LogP contribution in [0.5, 0.6) is 5.75 Å². The molecule has 120 valence electrons. The topological polar surface area (TPSA) is 67.0 Å². The number of hydrogen-bond donors (Lipinski definition) is 2. The molecule has 1 aromatic carbocycles. The average molecular weight is 319 g/mol. The fourth-order valence-electron chi connectivity index (χ4n) is 2.98. The van der Waals surface area contributed by atoms with Crippen molar-refractivity contribution < 1.29 is 9.53 Å². The smallest absolute Gasteiger partial charge is 0.272 e. The Balaban J connectivity index is 1.74. The second kappa shape index (κ2) is 5.23. The Morgan fingerprint density at radius 2 is 2.00 bits per heavy atom. The normalized spacial score (nSPS) is 14.2. The van der Waals surface area contributed by atoms with Crippen LogP contribution in [0.2, 0.25) is 0 Å². The summed E-state index contributed by atoms with van der Waals surface area (Å²) in [5, 5.41) is 2.90. The van der Waals surface area contributed by atoms with Gasteiger partial charge in [-0.05, 0) is 38.1 Å². The number of hydrogen-bond acceptors (Lipinski definition) is 3. The van der Waals surface area contributed by atoms with Crippen molar-refractivity contribution in [1.82, 2.24) is 9.97 Å². The van der Waals surface area contributed by atoms with Crippen LogP contribution in [-0.4, -0.2) is 15.9 Å². The number of carbonyl (C=O) groups excluding carboxylic acids is 1. The van der Waals surface area contributed by atoms with Gasteiger partial charge in [0.15, 0.2) is 0 Å². The van der Waals surface area contributed by atoms with Crippen LogP contribution in [0.25, 0.3) is 11.3 Å². The van der Waals surface area contributed by atoms with Crippen LogP contribution < -0.4 is 10.1 Å². The summed E-state index contributed by atoms with van der Waals surface area (Å²) in [7, 11) is 0. The highest BCUT2D eigenvalue weighted by molar-refractivity contribution is 6.04. The first-order valence-corrected chi connectivity index (χ1v) is 7.78. The summed E-state index contributed by atoms with van der Waals surface area (Å²) < 4.78 is 6.04. The van der Waals surface area contributed by atoms with E-state index in [0.717, 1.165) is 22.5 Å². The van der Waals surface area contributed by atoms with Gasteiger partial charge in [0, 0.05) is 23.0 Å². The molecule has 24 heavy (non-hydrogen) atoms. The lowest BCUT2D eigenvalue weighted by Gasteiger charge is -2.32. The minimum atomic E-state index is -0.535. The first-order chi connectivity index (χ1) is 11.5. The van der Waals surface area contributed by atoms with Crippen molar-refractivity contribution in [2.24, 2.45) is 0 Å². The van der Waals surface area contributed by atoms with Crippen LogP contribution in [0.3, 0.4) is 0 Å². The van der Waals surface area contributed by atoms with Gasteiger partial charge in [0.2, 0.25) is 0 Å². The molecule has 3 heterocycles. The van der Waals surface area contributed by atoms with Gasteiger partial charge in [-0.1, -0.05) is 18.2 Å². The van der Waals surface area contributed by atoms with Crippen molar-refractivity contribution in [3.05, 3.63) is 66.1 Å². The van der Waals surface area contributed by atoms with Gasteiger partial charge in [-0.15, -0.1) is 0 Å². The number of amides is 1. The van der Waals surface area contributed by atoms with Crippen molar-refractivity contribution in [3.8, 4) is 17.0 Å².